The molecule has 3 nitrogen and oxygen atoms in total. The molecule has 1 aromatic carbocycles. The molecule has 17 heavy (non-hydrogen) atoms. The zero-order chi connectivity index (χ0) is 12.8. The normalized spacial score (nSPS) is 12.5. The first kappa shape index (κ1) is 13.6. The van der Waals surface area contributed by atoms with Crippen molar-refractivity contribution in [2.75, 3.05) is 0 Å². The van der Waals surface area contributed by atoms with Crippen molar-refractivity contribution in [1.82, 2.24) is 5.32 Å². The number of benzene rings is 1. The lowest BCUT2D eigenvalue weighted by Crippen LogP contribution is -2.35. The van der Waals surface area contributed by atoms with E-state index in [4.69, 9.17) is 5.11 Å². The molecule has 3 heteroatoms. The predicted molar refractivity (Wildman–Crippen MR) is 68.9 cm³/mol. The van der Waals surface area contributed by atoms with E-state index in [1.165, 1.54) is 5.56 Å². The summed E-state index contributed by atoms with van der Waals surface area (Å²) in [4.78, 5) is 11.5. The van der Waals surface area contributed by atoms with Crippen LogP contribution in [0.5, 0.6) is 5.75 Å². The average Bonchev–Trinajstić information content (AvgIpc) is 2.28. The second-order valence-corrected chi connectivity index (χ2v) is 4.77. The third kappa shape index (κ3) is 4.89. The summed E-state index contributed by atoms with van der Waals surface area (Å²) in [5.41, 5.74) is 1.17. The van der Waals surface area contributed by atoms with Crippen molar-refractivity contribution in [1.29, 1.82) is 0 Å². The Balaban J connectivity index is 2.35. The Labute approximate surface area is 103 Å². The molecule has 0 aliphatic carbocycles. The SMILES string of the molecule is CC(CCc1ccc(O)cc1)NC(=O)C(C)C. The monoisotopic (exact) mass is 235 g/mol. The molecule has 0 bridgehead atoms. The molecule has 1 amide bonds. The molecule has 1 aromatic rings. The van der Waals surface area contributed by atoms with Crippen LogP contribution < -0.4 is 5.32 Å². The number of amides is 1. The minimum Gasteiger partial charge on any atom is -0.508 e. The van der Waals surface area contributed by atoms with Gasteiger partial charge in [-0.2, -0.15) is 0 Å². The molecule has 0 saturated carbocycles. The van der Waals surface area contributed by atoms with Crippen LogP contribution >= 0.6 is 0 Å². The van der Waals surface area contributed by atoms with Gasteiger partial charge in [0.1, 0.15) is 5.75 Å². The number of carbonyl (C=O) groups is 1. The van der Waals surface area contributed by atoms with E-state index in [1.54, 1.807) is 12.1 Å². The molecular formula is C14H21NO2. The van der Waals surface area contributed by atoms with Gasteiger partial charge in [0.15, 0.2) is 0 Å². The van der Waals surface area contributed by atoms with Crippen molar-refractivity contribution in [3.63, 3.8) is 0 Å². The number of aromatic hydroxyl groups is 1. The van der Waals surface area contributed by atoms with Crippen molar-refractivity contribution in [3.05, 3.63) is 29.8 Å². The summed E-state index contributed by atoms with van der Waals surface area (Å²) in [6.45, 7) is 5.80. The molecule has 2 N–H and O–H groups in total. The highest BCUT2D eigenvalue weighted by Crippen LogP contribution is 2.12. The van der Waals surface area contributed by atoms with Gasteiger partial charge < -0.3 is 10.4 Å². The lowest BCUT2D eigenvalue weighted by molar-refractivity contribution is -0.124. The zero-order valence-corrected chi connectivity index (χ0v) is 10.7. The Morgan fingerprint density at radius 1 is 1.24 bits per heavy atom. The van der Waals surface area contributed by atoms with Crippen LogP contribution in [-0.4, -0.2) is 17.1 Å². The highest BCUT2D eigenvalue weighted by Gasteiger charge is 2.10. The Morgan fingerprint density at radius 3 is 2.35 bits per heavy atom. The molecular weight excluding hydrogens is 214 g/mol. The fourth-order valence-electron chi connectivity index (χ4n) is 1.53. The molecule has 0 aromatic heterocycles. The third-order valence-corrected chi connectivity index (χ3v) is 2.72. The highest BCUT2D eigenvalue weighted by atomic mass is 16.3. The number of phenols is 1. The van der Waals surface area contributed by atoms with E-state index in [2.05, 4.69) is 5.32 Å². The van der Waals surface area contributed by atoms with E-state index in [0.29, 0.717) is 0 Å². The van der Waals surface area contributed by atoms with Crippen molar-refractivity contribution in [3.8, 4) is 5.75 Å². The minimum atomic E-state index is 0.0334. The summed E-state index contributed by atoms with van der Waals surface area (Å²) in [7, 11) is 0. The Hall–Kier alpha value is -1.51. The second kappa shape index (κ2) is 6.28. The number of nitrogens with one attached hydrogen (secondary N) is 1. The number of hydrogen-bond donors (Lipinski definition) is 2. The van der Waals surface area contributed by atoms with Crippen molar-refractivity contribution >= 4 is 5.91 Å². The number of phenolic OH excluding ortho intramolecular Hbond substituents is 1. The zero-order valence-electron chi connectivity index (χ0n) is 10.7. The molecule has 0 heterocycles. The molecule has 0 radical (unpaired) electrons. The lowest BCUT2D eigenvalue weighted by atomic mass is 10.1. The maximum atomic E-state index is 11.5. The standard InChI is InChI=1S/C14H21NO2/c1-10(2)14(17)15-11(3)4-5-12-6-8-13(16)9-7-12/h6-11,16H,4-5H2,1-3H3,(H,15,17). The quantitative estimate of drug-likeness (QED) is 0.823. The van der Waals surface area contributed by atoms with Gasteiger partial charge in [0.05, 0.1) is 0 Å². The summed E-state index contributed by atoms with van der Waals surface area (Å²) in [6, 6.07) is 7.37. The van der Waals surface area contributed by atoms with Gasteiger partial charge in [0.2, 0.25) is 5.91 Å². The smallest absolute Gasteiger partial charge is 0.222 e. The van der Waals surface area contributed by atoms with E-state index >= 15 is 0 Å². The van der Waals surface area contributed by atoms with Gasteiger partial charge in [-0.15, -0.1) is 0 Å². The molecule has 0 aliphatic rings. The van der Waals surface area contributed by atoms with E-state index < -0.39 is 0 Å². The molecule has 94 valence electrons. The Morgan fingerprint density at radius 2 is 1.82 bits per heavy atom. The first-order valence-electron chi connectivity index (χ1n) is 6.07. The van der Waals surface area contributed by atoms with Crippen molar-refractivity contribution < 1.29 is 9.90 Å². The molecule has 0 aliphatic heterocycles. The summed E-state index contributed by atoms with van der Waals surface area (Å²) >= 11 is 0. The van der Waals surface area contributed by atoms with Crippen LogP contribution in [-0.2, 0) is 11.2 Å². The average molecular weight is 235 g/mol. The second-order valence-electron chi connectivity index (χ2n) is 4.77. The maximum Gasteiger partial charge on any atom is 0.222 e. The molecule has 0 saturated heterocycles. The largest absolute Gasteiger partial charge is 0.508 e. The highest BCUT2D eigenvalue weighted by molar-refractivity contribution is 5.78. The van der Waals surface area contributed by atoms with Crippen molar-refractivity contribution in [2.24, 2.45) is 5.92 Å². The molecule has 0 fully saturated rings. The number of hydrogen-bond acceptors (Lipinski definition) is 2. The van der Waals surface area contributed by atoms with Crippen LogP contribution in [0.4, 0.5) is 0 Å². The van der Waals surface area contributed by atoms with Crippen LogP contribution in [0.2, 0.25) is 0 Å². The van der Waals surface area contributed by atoms with E-state index in [0.717, 1.165) is 12.8 Å². The molecule has 1 rings (SSSR count). The van der Waals surface area contributed by atoms with Crippen LogP contribution in [0.1, 0.15) is 32.8 Å². The van der Waals surface area contributed by atoms with Crippen LogP contribution in [0.25, 0.3) is 0 Å². The van der Waals surface area contributed by atoms with Gasteiger partial charge in [0, 0.05) is 12.0 Å². The Bertz CT molecular complexity index is 357. The lowest BCUT2D eigenvalue weighted by Gasteiger charge is -2.15. The van der Waals surface area contributed by atoms with Gasteiger partial charge in [0.25, 0.3) is 0 Å². The van der Waals surface area contributed by atoms with Gasteiger partial charge >= 0.3 is 0 Å². The van der Waals surface area contributed by atoms with Crippen molar-refractivity contribution in [2.45, 2.75) is 39.7 Å². The van der Waals surface area contributed by atoms with E-state index in [-0.39, 0.29) is 23.6 Å². The number of rotatable bonds is 5. The van der Waals surface area contributed by atoms with Gasteiger partial charge in [-0.05, 0) is 37.5 Å². The van der Waals surface area contributed by atoms with Crippen LogP contribution in [0.15, 0.2) is 24.3 Å². The van der Waals surface area contributed by atoms with Gasteiger partial charge in [-0.3, -0.25) is 4.79 Å². The fraction of sp³-hybridized carbons (Fsp3) is 0.500. The number of carbonyl (C=O) groups excluding carboxylic acids is 1. The summed E-state index contributed by atoms with van der Waals surface area (Å²) in [6.07, 6.45) is 1.81. The van der Waals surface area contributed by atoms with E-state index in [1.807, 2.05) is 32.9 Å². The first-order valence-corrected chi connectivity index (χ1v) is 6.07. The maximum absolute atomic E-state index is 11.5. The summed E-state index contributed by atoms with van der Waals surface area (Å²) in [5, 5.41) is 12.1. The first-order chi connectivity index (χ1) is 7.99. The Kier molecular flexibility index (Phi) is 5.01. The number of aryl methyl sites for hydroxylation is 1. The van der Waals surface area contributed by atoms with Gasteiger partial charge in [-0.1, -0.05) is 26.0 Å². The van der Waals surface area contributed by atoms with E-state index in [9.17, 15) is 4.79 Å². The van der Waals surface area contributed by atoms with Gasteiger partial charge in [-0.25, -0.2) is 0 Å². The summed E-state index contributed by atoms with van der Waals surface area (Å²) < 4.78 is 0. The molecule has 0 spiro atoms. The van der Waals surface area contributed by atoms with Crippen LogP contribution in [0.3, 0.4) is 0 Å². The topological polar surface area (TPSA) is 49.3 Å². The predicted octanol–water partition coefficient (Wildman–Crippen LogP) is 2.49. The van der Waals surface area contributed by atoms with Crippen LogP contribution in [0, 0.1) is 5.92 Å². The molecule has 1 unspecified atom stereocenters. The minimum absolute atomic E-state index is 0.0334. The third-order valence-electron chi connectivity index (χ3n) is 2.72. The molecule has 1 atom stereocenters. The fourth-order valence-corrected chi connectivity index (χ4v) is 1.53. The summed E-state index contributed by atoms with van der Waals surface area (Å²) in [5.74, 6) is 0.421.